The Morgan fingerprint density at radius 1 is 0.440 bits per heavy atom. The van der Waals surface area contributed by atoms with Gasteiger partial charge < -0.3 is 31.3 Å². The van der Waals surface area contributed by atoms with Crippen molar-refractivity contribution in [2.75, 3.05) is 19.6 Å². The summed E-state index contributed by atoms with van der Waals surface area (Å²) in [7, 11) is 0. The molecule has 3 aromatic rings. The van der Waals surface area contributed by atoms with E-state index >= 15 is 0 Å². The van der Waals surface area contributed by atoms with Crippen LogP contribution in [0.4, 0.5) is 0 Å². The molecule has 6 aliphatic rings. The molecular formula is C72H105N3O9. The number of carbonyl (C=O) groups excluding carboxylic acids is 3. The highest BCUT2D eigenvalue weighted by Gasteiger charge is 2.58. The fourth-order valence-corrected chi connectivity index (χ4v) is 17.3. The summed E-state index contributed by atoms with van der Waals surface area (Å²) in [5.41, 5.74) is 11.6. The molecule has 9 rings (SSSR count). The van der Waals surface area contributed by atoms with E-state index in [1.54, 1.807) is 0 Å². The smallest absolute Gasteiger partial charge is 0.309 e. The largest absolute Gasteiger partial charge is 0.481 e. The minimum atomic E-state index is -0.856. The summed E-state index contributed by atoms with van der Waals surface area (Å²) in [4.78, 5) is 71.7. The van der Waals surface area contributed by atoms with Crippen molar-refractivity contribution in [3.63, 3.8) is 0 Å². The van der Waals surface area contributed by atoms with E-state index in [0.717, 1.165) is 96.3 Å². The first kappa shape index (κ1) is 66.0. The fraction of sp³-hybridized carbons (Fsp3) is 0.667. The lowest BCUT2D eigenvalue weighted by atomic mass is 9.49. The number of benzene rings is 3. The summed E-state index contributed by atoms with van der Waals surface area (Å²) in [6, 6.07) is 20.9. The van der Waals surface area contributed by atoms with Gasteiger partial charge in [0.05, 0.1) is 16.2 Å². The SMILES string of the molecule is CC(C)c1ccc2c(c1)CC[C@H]1[C@](C)(C(=O)NCCCC(=O)NCCCC(=O)O)CCC[C@]21C.CC(C)c1ccc2c(c1)CC[C@H]1[C@](C)(C(=O)NCCCC(=O)O)CCC[C@]21C.CC(C)c1ccc2c(c1)CC[C@H]1[C@](C)(C(=O)O)CCC[C@]21C. The molecule has 6 aliphatic carbocycles. The normalized spacial score (nSPS) is 29.1. The molecule has 6 N–H and O–H groups in total. The van der Waals surface area contributed by atoms with Crippen LogP contribution in [-0.2, 0) is 64.3 Å². The molecule has 84 heavy (non-hydrogen) atoms. The zero-order valence-electron chi connectivity index (χ0n) is 53.4. The van der Waals surface area contributed by atoms with Gasteiger partial charge in [-0.05, 0) is 205 Å². The van der Waals surface area contributed by atoms with Crippen molar-refractivity contribution < 1.29 is 44.1 Å². The van der Waals surface area contributed by atoms with E-state index in [4.69, 9.17) is 10.2 Å². The van der Waals surface area contributed by atoms with E-state index in [-0.39, 0.29) is 58.1 Å². The number of amides is 3. The monoisotopic (exact) mass is 1160 g/mol. The molecule has 3 saturated carbocycles. The Kier molecular flexibility index (Phi) is 21.2. The number of carbonyl (C=O) groups is 6. The minimum Gasteiger partial charge on any atom is -0.481 e. The zero-order chi connectivity index (χ0) is 61.6. The third kappa shape index (κ3) is 13.8. The highest BCUT2D eigenvalue weighted by molar-refractivity contribution is 5.84. The van der Waals surface area contributed by atoms with Gasteiger partial charge in [0.2, 0.25) is 17.7 Å². The summed E-state index contributed by atoms with van der Waals surface area (Å²) in [6.07, 6.45) is 17.3. The van der Waals surface area contributed by atoms with Gasteiger partial charge in [-0.3, -0.25) is 28.8 Å². The summed E-state index contributed by atoms with van der Waals surface area (Å²) in [5.74, 6) is 0.343. The molecule has 3 fully saturated rings. The molecule has 462 valence electrons. The molecule has 3 aromatic carbocycles. The Bertz CT molecular complexity index is 2870. The highest BCUT2D eigenvalue weighted by atomic mass is 16.4. The van der Waals surface area contributed by atoms with Gasteiger partial charge in [-0.15, -0.1) is 0 Å². The minimum absolute atomic E-state index is 0.0171. The molecule has 0 saturated heterocycles. The van der Waals surface area contributed by atoms with Crippen LogP contribution in [0.15, 0.2) is 54.6 Å². The summed E-state index contributed by atoms with van der Waals surface area (Å²) >= 11 is 0. The zero-order valence-corrected chi connectivity index (χ0v) is 53.4. The Morgan fingerprint density at radius 3 is 1.07 bits per heavy atom. The number of nitrogens with one attached hydrogen (secondary N) is 3. The number of carboxylic acid groups (broad SMARTS) is 3. The Morgan fingerprint density at radius 2 is 0.750 bits per heavy atom. The second-order valence-corrected chi connectivity index (χ2v) is 28.8. The summed E-state index contributed by atoms with van der Waals surface area (Å²) in [5, 5.41) is 36.2. The van der Waals surface area contributed by atoms with E-state index in [1.807, 2.05) is 6.92 Å². The standard InChI is InChI=1S/C28H42N2O4.C24H35NO3.C20H28O2/c1-19(2)20-10-12-22-21(18-20)11-13-23-27(22,3)14-7-15-28(23,4)26(34)30-17-5-8-24(31)29-16-6-9-25(32)33;1-16(2)17-8-10-19-18(15-17)9-11-20-23(19,3)12-6-13-24(20,4)22(28)25-14-5-7-21(26)27;1-13(2)14-6-8-16-15(12-14)7-9-17-19(16,3)10-5-11-20(17,4)18(21)22/h10,12,18-19,23H,5-9,11,13-17H2,1-4H3,(H,29,31)(H,30,34)(H,32,33);8,10,15-16,20H,5-7,9,11-14H2,1-4H3,(H,25,28)(H,26,27);6,8,12-13,17H,5,7,9-11H2,1-4H3,(H,21,22)/t23-,27-,28-;20-,23-,24-;17-,19-,20-/m111/s1. The molecule has 0 spiro atoms. The maximum Gasteiger partial charge on any atom is 0.309 e. The average Bonchev–Trinajstić information content (AvgIpc) is 0.848. The van der Waals surface area contributed by atoms with Crippen LogP contribution in [0, 0.1) is 34.0 Å². The first-order chi connectivity index (χ1) is 39.5. The predicted molar refractivity (Wildman–Crippen MR) is 335 cm³/mol. The number of hydrogen-bond acceptors (Lipinski definition) is 6. The van der Waals surface area contributed by atoms with Crippen LogP contribution in [0.1, 0.15) is 266 Å². The van der Waals surface area contributed by atoms with Gasteiger partial charge in [-0.25, -0.2) is 0 Å². The van der Waals surface area contributed by atoms with Gasteiger partial charge in [0.1, 0.15) is 0 Å². The molecule has 0 aliphatic heterocycles. The predicted octanol–water partition coefficient (Wildman–Crippen LogP) is 14.4. The van der Waals surface area contributed by atoms with Gasteiger partial charge in [0.15, 0.2) is 0 Å². The van der Waals surface area contributed by atoms with Crippen LogP contribution in [0.25, 0.3) is 0 Å². The number of rotatable bonds is 18. The average molecular weight is 1160 g/mol. The number of hydrogen-bond donors (Lipinski definition) is 6. The van der Waals surface area contributed by atoms with Crippen molar-refractivity contribution in [3.05, 3.63) is 105 Å². The maximum atomic E-state index is 13.4. The van der Waals surface area contributed by atoms with E-state index in [2.05, 4.69) is 147 Å². The van der Waals surface area contributed by atoms with Crippen LogP contribution in [0.2, 0.25) is 0 Å². The van der Waals surface area contributed by atoms with E-state index in [1.165, 1.54) is 50.1 Å². The molecule has 12 heteroatoms. The van der Waals surface area contributed by atoms with Gasteiger partial charge in [0, 0.05) is 38.9 Å². The van der Waals surface area contributed by atoms with Crippen LogP contribution in [0.5, 0.6) is 0 Å². The Labute approximate surface area is 503 Å². The second-order valence-electron chi connectivity index (χ2n) is 28.8. The van der Waals surface area contributed by atoms with Crippen molar-refractivity contribution in [1.82, 2.24) is 16.0 Å². The lowest BCUT2D eigenvalue weighted by Gasteiger charge is -2.54. The summed E-state index contributed by atoms with van der Waals surface area (Å²) < 4.78 is 0. The topological polar surface area (TPSA) is 199 Å². The van der Waals surface area contributed by atoms with Crippen molar-refractivity contribution >= 4 is 35.6 Å². The van der Waals surface area contributed by atoms with E-state index in [9.17, 15) is 33.9 Å². The van der Waals surface area contributed by atoms with Crippen LogP contribution < -0.4 is 16.0 Å². The van der Waals surface area contributed by atoms with Gasteiger partial charge in [0.25, 0.3) is 0 Å². The molecule has 12 nitrogen and oxygen atoms in total. The van der Waals surface area contributed by atoms with Crippen LogP contribution in [0.3, 0.4) is 0 Å². The van der Waals surface area contributed by atoms with E-state index in [0.29, 0.717) is 74.9 Å². The first-order valence-electron chi connectivity index (χ1n) is 32.4. The molecule has 9 atom stereocenters. The molecule has 0 bridgehead atoms. The van der Waals surface area contributed by atoms with Gasteiger partial charge in [-0.2, -0.15) is 0 Å². The van der Waals surface area contributed by atoms with Gasteiger partial charge in [-0.1, -0.05) is 150 Å². The number of aliphatic carboxylic acids is 3. The number of fused-ring (bicyclic) bond motifs is 9. The van der Waals surface area contributed by atoms with Crippen molar-refractivity contribution in [3.8, 4) is 0 Å². The molecular weight excluding hydrogens is 1050 g/mol. The highest BCUT2D eigenvalue weighted by Crippen LogP contribution is 2.60. The second kappa shape index (κ2) is 27.0. The lowest BCUT2D eigenvalue weighted by Crippen LogP contribution is -2.55. The number of aryl methyl sites for hydroxylation is 3. The molecule has 3 amide bonds. The lowest BCUT2D eigenvalue weighted by molar-refractivity contribution is -0.157. The fourth-order valence-electron chi connectivity index (χ4n) is 17.3. The van der Waals surface area contributed by atoms with Crippen molar-refractivity contribution in [1.29, 1.82) is 0 Å². The molecule has 0 heterocycles. The Balaban J connectivity index is 0.000000185. The quantitative estimate of drug-likeness (QED) is 0.0671. The van der Waals surface area contributed by atoms with Gasteiger partial charge >= 0.3 is 17.9 Å². The van der Waals surface area contributed by atoms with Crippen molar-refractivity contribution in [2.45, 2.75) is 252 Å². The summed E-state index contributed by atoms with van der Waals surface area (Å²) in [6.45, 7) is 28.0. The van der Waals surface area contributed by atoms with E-state index < -0.39 is 28.7 Å². The third-order valence-corrected chi connectivity index (χ3v) is 22.3. The molecule has 0 aromatic heterocycles. The number of carboxylic acids is 3. The first-order valence-corrected chi connectivity index (χ1v) is 32.4. The third-order valence-electron chi connectivity index (χ3n) is 22.3. The molecule has 0 radical (unpaired) electrons. The Hall–Kier alpha value is -5.52. The van der Waals surface area contributed by atoms with Crippen molar-refractivity contribution in [2.24, 2.45) is 34.0 Å². The molecule has 0 unspecified atom stereocenters. The maximum absolute atomic E-state index is 13.4. The van der Waals surface area contributed by atoms with Crippen LogP contribution >= 0.6 is 0 Å². The van der Waals surface area contributed by atoms with Crippen LogP contribution in [-0.4, -0.2) is 70.6 Å².